The van der Waals surface area contributed by atoms with E-state index in [1.165, 1.54) is 0 Å². The Labute approximate surface area is 152 Å². The summed E-state index contributed by atoms with van der Waals surface area (Å²) in [4.78, 5) is 16.6. The largest absolute Gasteiger partial charge is 0.485 e. The van der Waals surface area contributed by atoms with Crippen LogP contribution in [0.3, 0.4) is 0 Å². The van der Waals surface area contributed by atoms with Crippen LogP contribution in [0.25, 0.3) is 0 Å². The summed E-state index contributed by atoms with van der Waals surface area (Å²) in [6.45, 7) is 4.18. The van der Waals surface area contributed by atoms with Crippen LogP contribution in [0.1, 0.15) is 0 Å². The maximum absolute atomic E-state index is 12.7. The number of benzene rings is 1. The first-order chi connectivity index (χ1) is 12.2. The van der Waals surface area contributed by atoms with Crippen molar-refractivity contribution in [2.24, 2.45) is 0 Å². The lowest BCUT2D eigenvalue weighted by Gasteiger charge is -2.38. The number of rotatable bonds is 4. The predicted octanol–water partition coefficient (Wildman–Crippen LogP) is 0.492. The fourth-order valence-corrected chi connectivity index (χ4v) is 3.13. The number of carbonyl (C=O) groups excluding carboxylic acids is 1. The molecular weight excluding hydrogens is 342 g/mol. The Morgan fingerprint density at radius 1 is 1.24 bits per heavy atom. The van der Waals surface area contributed by atoms with Crippen LogP contribution < -0.4 is 14.8 Å². The summed E-state index contributed by atoms with van der Waals surface area (Å²) in [5.74, 6) is 1.27. The van der Waals surface area contributed by atoms with E-state index in [2.05, 4.69) is 10.2 Å². The van der Waals surface area contributed by atoms with E-state index in [4.69, 9.17) is 26.4 Å². The number of ether oxygens (including phenoxy) is 3. The Kier molecular flexibility index (Phi) is 5.93. The highest BCUT2D eigenvalue weighted by Gasteiger charge is 2.32. The molecule has 0 saturated carbocycles. The number of fused-ring (bicyclic) bond motifs is 1. The van der Waals surface area contributed by atoms with Crippen molar-refractivity contribution in [2.75, 3.05) is 53.0 Å². The van der Waals surface area contributed by atoms with E-state index >= 15 is 0 Å². The molecule has 1 saturated heterocycles. The van der Waals surface area contributed by atoms with Crippen LogP contribution in [-0.2, 0) is 9.53 Å². The first-order valence-electron chi connectivity index (χ1n) is 8.38. The van der Waals surface area contributed by atoms with E-state index in [0.29, 0.717) is 55.9 Å². The lowest BCUT2D eigenvalue weighted by atomic mass is 10.2. The molecule has 1 amide bonds. The fraction of sp³-hybridized carbons (Fsp3) is 0.529. The highest BCUT2D eigenvalue weighted by atomic mass is 32.1. The number of carbonyl (C=O) groups is 1. The Morgan fingerprint density at radius 3 is 2.64 bits per heavy atom. The lowest BCUT2D eigenvalue weighted by molar-refractivity contribution is -0.142. The quantitative estimate of drug-likeness (QED) is 0.615. The SMILES string of the molecule is COCCNC(=S)N1CCN(C(=O)C2COc3ccccc3O2)CC1. The van der Waals surface area contributed by atoms with Gasteiger partial charge in [0, 0.05) is 39.8 Å². The van der Waals surface area contributed by atoms with E-state index in [9.17, 15) is 4.79 Å². The Bertz CT molecular complexity index is 620. The predicted molar refractivity (Wildman–Crippen MR) is 97.0 cm³/mol. The van der Waals surface area contributed by atoms with Gasteiger partial charge in [-0.05, 0) is 24.4 Å². The van der Waals surface area contributed by atoms with Crippen molar-refractivity contribution in [1.29, 1.82) is 0 Å². The first-order valence-corrected chi connectivity index (χ1v) is 8.79. The molecule has 25 heavy (non-hydrogen) atoms. The third kappa shape index (κ3) is 4.32. The average Bonchev–Trinajstić information content (AvgIpc) is 2.67. The van der Waals surface area contributed by atoms with E-state index in [-0.39, 0.29) is 12.5 Å². The van der Waals surface area contributed by atoms with Crippen LogP contribution in [0.5, 0.6) is 11.5 Å². The summed E-state index contributed by atoms with van der Waals surface area (Å²) in [6, 6.07) is 7.40. The van der Waals surface area contributed by atoms with Gasteiger partial charge in [-0.25, -0.2) is 0 Å². The van der Waals surface area contributed by atoms with Gasteiger partial charge in [-0.1, -0.05) is 12.1 Å². The van der Waals surface area contributed by atoms with Crippen molar-refractivity contribution < 1.29 is 19.0 Å². The number of para-hydroxylation sites is 2. The molecule has 1 atom stereocenters. The van der Waals surface area contributed by atoms with Crippen LogP contribution >= 0.6 is 12.2 Å². The van der Waals surface area contributed by atoms with Crippen LogP contribution in [0.4, 0.5) is 0 Å². The molecule has 7 nitrogen and oxygen atoms in total. The van der Waals surface area contributed by atoms with Crippen molar-refractivity contribution in [3.05, 3.63) is 24.3 Å². The Morgan fingerprint density at radius 2 is 1.92 bits per heavy atom. The van der Waals surface area contributed by atoms with Gasteiger partial charge in [-0.15, -0.1) is 0 Å². The molecule has 2 aliphatic rings. The summed E-state index contributed by atoms with van der Waals surface area (Å²) in [7, 11) is 1.66. The number of methoxy groups -OCH3 is 1. The zero-order valence-corrected chi connectivity index (χ0v) is 15.1. The van der Waals surface area contributed by atoms with E-state index in [1.54, 1.807) is 7.11 Å². The highest BCUT2D eigenvalue weighted by molar-refractivity contribution is 7.80. The van der Waals surface area contributed by atoms with Gasteiger partial charge in [0.1, 0.15) is 6.61 Å². The van der Waals surface area contributed by atoms with Gasteiger partial charge in [0.05, 0.1) is 6.61 Å². The monoisotopic (exact) mass is 365 g/mol. The van der Waals surface area contributed by atoms with Crippen LogP contribution in [0.2, 0.25) is 0 Å². The third-order valence-corrected chi connectivity index (χ3v) is 4.65. The fourth-order valence-electron chi connectivity index (χ4n) is 2.85. The standard InChI is InChI=1S/C17H23N3O4S/c1-22-11-6-18-17(25)20-9-7-19(8-10-20)16(21)15-12-23-13-4-2-3-5-14(13)24-15/h2-5,15H,6-12H2,1H3,(H,18,25). The molecule has 0 radical (unpaired) electrons. The second kappa shape index (κ2) is 8.35. The number of piperazine rings is 1. The average molecular weight is 365 g/mol. The minimum absolute atomic E-state index is 0.0348. The molecular formula is C17H23N3O4S. The zero-order chi connectivity index (χ0) is 17.6. The number of nitrogens with zero attached hydrogens (tertiary/aromatic N) is 2. The van der Waals surface area contributed by atoms with Crippen molar-refractivity contribution in [3.63, 3.8) is 0 Å². The second-order valence-corrected chi connectivity index (χ2v) is 6.29. The molecule has 0 aliphatic carbocycles. The number of amides is 1. The van der Waals surface area contributed by atoms with Crippen molar-refractivity contribution >= 4 is 23.2 Å². The van der Waals surface area contributed by atoms with Crippen LogP contribution in [0.15, 0.2) is 24.3 Å². The maximum Gasteiger partial charge on any atom is 0.267 e. The molecule has 1 unspecified atom stereocenters. The number of hydrogen-bond donors (Lipinski definition) is 1. The smallest absolute Gasteiger partial charge is 0.267 e. The molecule has 1 aromatic carbocycles. The highest BCUT2D eigenvalue weighted by Crippen LogP contribution is 2.31. The van der Waals surface area contributed by atoms with Gasteiger partial charge in [0.25, 0.3) is 5.91 Å². The van der Waals surface area contributed by atoms with Gasteiger partial charge < -0.3 is 29.3 Å². The summed E-state index contributed by atoms with van der Waals surface area (Å²) < 4.78 is 16.4. The van der Waals surface area contributed by atoms with E-state index in [0.717, 1.165) is 0 Å². The normalized spacial score (nSPS) is 19.5. The van der Waals surface area contributed by atoms with Crippen molar-refractivity contribution in [2.45, 2.75) is 6.10 Å². The summed E-state index contributed by atoms with van der Waals surface area (Å²) in [5, 5.41) is 3.86. The number of nitrogens with one attached hydrogen (secondary N) is 1. The minimum atomic E-state index is -0.590. The van der Waals surface area contributed by atoms with Crippen LogP contribution in [0, 0.1) is 0 Å². The molecule has 2 aliphatic heterocycles. The molecule has 136 valence electrons. The van der Waals surface area contributed by atoms with Crippen molar-refractivity contribution in [3.8, 4) is 11.5 Å². The first kappa shape index (κ1) is 17.8. The molecule has 1 aromatic rings. The zero-order valence-electron chi connectivity index (χ0n) is 14.3. The van der Waals surface area contributed by atoms with Gasteiger partial charge >= 0.3 is 0 Å². The summed E-state index contributed by atoms with van der Waals surface area (Å²) >= 11 is 5.37. The molecule has 3 rings (SSSR count). The molecule has 0 bridgehead atoms. The molecule has 8 heteroatoms. The molecule has 1 fully saturated rings. The number of thiocarbonyl (C=S) groups is 1. The maximum atomic E-state index is 12.7. The molecule has 2 heterocycles. The van der Waals surface area contributed by atoms with E-state index < -0.39 is 6.10 Å². The topological polar surface area (TPSA) is 63.3 Å². The Balaban J connectivity index is 1.48. The van der Waals surface area contributed by atoms with Gasteiger partial charge in [0.15, 0.2) is 16.6 Å². The molecule has 0 spiro atoms. The minimum Gasteiger partial charge on any atom is -0.485 e. The summed E-state index contributed by atoms with van der Waals surface area (Å²) in [6.07, 6.45) is -0.590. The third-order valence-electron chi connectivity index (χ3n) is 4.25. The van der Waals surface area contributed by atoms with Gasteiger partial charge in [-0.3, -0.25) is 4.79 Å². The molecule has 1 N–H and O–H groups in total. The number of hydrogen-bond acceptors (Lipinski definition) is 5. The Hall–Kier alpha value is -2.06. The lowest BCUT2D eigenvalue weighted by Crippen LogP contribution is -2.56. The van der Waals surface area contributed by atoms with Crippen LogP contribution in [-0.4, -0.2) is 80.0 Å². The van der Waals surface area contributed by atoms with Crippen molar-refractivity contribution in [1.82, 2.24) is 15.1 Å². The summed E-state index contributed by atoms with van der Waals surface area (Å²) in [5.41, 5.74) is 0. The molecule has 0 aromatic heterocycles. The van der Waals surface area contributed by atoms with E-state index in [1.807, 2.05) is 29.2 Å². The second-order valence-electron chi connectivity index (χ2n) is 5.90. The van der Waals surface area contributed by atoms with Gasteiger partial charge in [-0.2, -0.15) is 0 Å². The van der Waals surface area contributed by atoms with Gasteiger partial charge in [0.2, 0.25) is 6.10 Å².